The highest BCUT2D eigenvalue weighted by atomic mass is 31.2. The summed E-state index contributed by atoms with van der Waals surface area (Å²) < 4.78 is 51.7. The summed E-state index contributed by atoms with van der Waals surface area (Å²) in [5.74, 6) is 1.38. The van der Waals surface area contributed by atoms with Crippen molar-refractivity contribution in [1.82, 2.24) is 29.7 Å². The van der Waals surface area contributed by atoms with E-state index in [-0.39, 0.29) is 24.9 Å². The molecule has 4 atom stereocenters. The highest BCUT2D eigenvalue weighted by Crippen LogP contribution is 2.45. The Balaban J connectivity index is 1.54. The maximum atomic E-state index is 16.2. The third kappa shape index (κ3) is 7.00. The highest BCUT2D eigenvalue weighted by molar-refractivity contribution is 7.54. The van der Waals surface area contributed by atoms with Gasteiger partial charge in [0.15, 0.2) is 23.2 Å². The minimum Gasteiger partial charge on any atom is -0.465 e. The summed E-state index contributed by atoms with van der Waals surface area (Å²) in [5, 5.41) is 18.9. The summed E-state index contributed by atoms with van der Waals surface area (Å²) in [7, 11) is -4.16. The molecular weight excluding hydrogens is 564 g/mol. The van der Waals surface area contributed by atoms with Crippen LogP contribution in [0.1, 0.15) is 38.7 Å². The first-order valence-electron chi connectivity index (χ1n) is 13.1. The molecule has 0 spiro atoms. The number of aliphatic hydroxyl groups is 1. The minimum atomic E-state index is -4.16. The molecule has 2 fully saturated rings. The van der Waals surface area contributed by atoms with Crippen LogP contribution in [-0.4, -0.2) is 93.4 Å². The number of alkyl halides is 1. The van der Waals surface area contributed by atoms with Gasteiger partial charge in [-0.3, -0.25) is 18.7 Å². The van der Waals surface area contributed by atoms with Gasteiger partial charge in [0, 0.05) is 6.04 Å². The topological polar surface area (TPSA) is 188 Å². The van der Waals surface area contributed by atoms with Crippen molar-refractivity contribution in [2.75, 3.05) is 38.2 Å². The Hall–Kier alpha value is -3.19. The SMILES string of the molecule is C#CC1(F)[C@@H](O)[C@@H](COP(=O)(NCC(=O)OCC)NCC(=O)OCC)O[C@H]1n1cnc2c(NC3CC3)nc(C)nc21. The van der Waals surface area contributed by atoms with Gasteiger partial charge in [0.1, 0.15) is 31.1 Å². The predicted molar refractivity (Wildman–Crippen MR) is 142 cm³/mol. The number of aryl methyl sites for hydroxylation is 1. The van der Waals surface area contributed by atoms with Crippen molar-refractivity contribution < 1.29 is 42.4 Å². The van der Waals surface area contributed by atoms with Crippen molar-refractivity contribution >= 4 is 36.6 Å². The van der Waals surface area contributed by atoms with Gasteiger partial charge in [-0.05, 0) is 33.6 Å². The van der Waals surface area contributed by atoms with E-state index in [0.717, 1.165) is 12.8 Å². The number of halogens is 1. The standard InChI is InChI=1S/C24H33FN7O8P/c1-5-24(25)20(35)16(12-39-41(36,27-10-17(33)37-6-2)28-11-18(34)38-7-3)40-23(24)32-13-26-19-21(31-15-8-9-15)29-14(4)30-22(19)32/h1,13,15-16,20,23,35H,6-12H2,2-4H3,(H2,27,28,36)(H,29,30,31)/t16-,20+,23-,24?/m1/s1. The molecule has 0 bridgehead atoms. The van der Waals surface area contributed by atoms with Crippen LogP contribution in [0.2, 0.25) is 0 Å². The lowest BCUT2D eigenvalue weighted by molar-refractivity contribution is -0.142. The first kappa shape index (κ1) is 30.8. The molecule has 41 heavy (non-hydrogen) atoms. The number of nitrogens with zero attached hydrogens (tertiary/aromatic N) is 4. The highest BCUT2D eigenvalue weighted by Gasteiger charge is 2.58. The number of carbonyl (C=O) groups is 2. The fraction of sp³-hybridized carbons (Fsp3) is 0.625. The molecule has 1 saturated carbocycles. The number of imidazole rings is 1. The monoisotopic (exact) mass is 597 g/mol. The second kappa shape index (κ2) is 12.8. The fourth-order valence-electron chi connectivity index (χ4n) is 4.12. The lowest BCUT2D eigenvalue weighted by Gasteiger charge is -2.24. The van der Waals surface area contributed by atoms with E-state index in [2.05, 4.69) is 30.4 Å². The number of hydrogen-bond donors (Lipinski definition) is 4. The zero-order valence-electron chi connectivity index (χ0n) is 22.8. The van der Waals surface area contributed by atoms with Crippen LogP contribution >= 0.6 is 7.67 Å². The molecule has 1 aliphatic carbocycles. The molecule has 2 aromatic rings. The van der Waals surface area contributed by atoms with Gasteiger partial charge >= 0.3 is 19.6 Å². The number of terminal acetylenes is 1. The molecular formula is C24H33FN7O8P. The van der Waals surface area contributed by atoms with Gasteiger partial charge in [-0.15, -0.1) is 6.42 Å². The normalized spacial score (nSPS) is 24.2. The second-order valence-corrected chi connectivity index (χ2v) is 11.4. The second-order valence-electron chi connectivity index (χ2n) is 9.37. The zero-order chi connectivity index (χ0) is 29.8. The Labute approximate surface area is 235 Å². The van der Waals surface area contributed by atoms with Crippen LogP contribution in [0.3, 0.4) is 0 Å². The van der Waals surface area contributed by atoms with E-state index >= 15 is 4.39 Å². The summed E-state index contributed by atoms with van der Waals surface area (Å²) in [6, 6.07) is 0.264. The Morgan fingerprint density at radius 1 is 1.24 bits per heavy atom. The van der Waals surface area contributed by atoms with Crippen molar-refractivity contribution in [2.45, 2.75) is 63.8 Å². The fourth-order valence-corrected chi connectivity index (χ4v) is 5.44. The molecule has 0 amide bonds. The molecule has 2 aromatic heterocycles. The molecule has 4 rings (SSSR count). The Bertz CT molecular complexity index is 1340. The number of aromatic nitrogens is 4. The third-order valence-corrected chi connectivity index (χ3v) is 7.93. The van der Waals surface area contributed by atoms with Gasteiger partial charge in [-0.1, -0.05) is 5.92 Å². The van der Waals surface area contributed by atoms with Crippen LogP contribution in [-0.2, 0) is 32.9 Å². The molecule has 3 heterocycles. The van der Waals surface area contributed by atoms with Crippen molar-refractivity contribution in [3.63, 3.8) is 0 Å². The average Bonchev–Trinajstić information content (AvgIpc) is 3.60. The number of rotatable bonds is 14. The number of carbonyl (C=O) groups excluding carboxylic acids is 2. The summed E-state index contributed by atoms with van der Waals surface area (Å²) >= 11 is 0. The van der Waals surface area contributed by atoms with Crippen LogP contribution < -0.4 is 15.5 Å². The Morgan fingerprint density at radius 2 is 1.88 bits per heavy atom. The first-order chi connectivity index (χ1) is 19.5. The molecule has 0 radical (unpaired) electrons. The zero-order valence-corrected chi connectivity index (χ0v) is 23.7. The van der Waals surface area contributed by atoms with Gasteiger partial charge in [-0.2, -0.15) is 0 Å². The van der Waals surface area contributed by atoms with Gasteiger partial charge in [0.25, 0.3) is 0 Å². The van der Waals surface area contributed by atoms with E-state index in [1.165, 1.54) is 10.9 Å². The minimum absolute atomic E-state index is 0.0849. The number of anilines is 1. The number of aliphatic hydroxyl groups excluding tert-OH is 1. The van der Waals surface area contributed by atoms with Crippen molar-refractivity contribution in [1.29, 1.82) is 0 Å². The average molecular weight is 598 g/mol. The number of esters is 2. The quantitative estimate of drug-likeness (QED) is 0.136. The van der Waals surface area contributed by atoms with E-state index in [0.29, 0.717) is 17.2 Å². The van der Waals surface area contributed by atoms with E-state index < -0.39 is 63.4 Å². The van der Waals surface area contributed by atoms with Crippen LogP contribution in [0.4, 0.5) is 10.2 Å². The first-order valence-corrected chi connectivity index (χ1v) is 14.7. The molecule has 1 saturated heterocycles. The molecule has 4 N–H and O–H groups in total. The number of hydrogen-bond acceptors (Lipinski definition) is 12. The van der Waals surface area contributed by atoms with Crippen molar-refractivity contribution in [3.8, 4) is 12.3 Å². The van der Waals surface area contributed by atoms with Gasteiger partial charge in [0.2, 0.25) is 5.67 Å². The van der Waals surface area contributed by atoms with Crippen molar-refractivity contribution in [2.24, 2.45) is 0 Å². The lowest BCUT2D eigenvalue weighted by Crippen LogP contribution is -2.42. The summed E-state index contributed by atoms with van der Waals surface area (Å²) in [4.78, 5) is 36.7. The maximum Gasteiger partial charge on any atom is 0.341 e. The summed E-state index contributed by atoms with van der Waals surface area (Å²) in [5.41, 5.74) is -2.16. The molecule has 15 nitrogen and oxygen atoms in total. The van der Waals surface area contributed by atoms with Crippen molar-refractivity contribution in [3.05, 3.63) is 12.2 Å². The summed E-state index contributed by atoms with van der Waals surface area (Å²) in [6.45, 7) is 3.31. The number of fused-ring (bicyclic) bond motifs is 1. The van der Waals surface area contributed by atoms with Crippen LogP contribution in [0.5, 0.6) is 0 Å². The molecule has 2 aliphatic rings. The predicted octanol–water partition coefficient (Wildman–Crippen LogP) is 0.739. The molecule has 1 aliphatic heterocycles. The van der Waals surface area contributed by atoms with Crippen LogP contribution in [0.25, 0.3) is 11.2 Å². The largest absolute Gasteiger partial charge is 0.465 e. The van der Waals surface area contributed by atoms with Gasteiger partial charge in [0.05, 0.1) is 26.1 Å². The summed E-state index contributed by atoms with van der Waals surface area (Å²) in [6.07, 6.45) is 3.87. The molecule has 0 aromatic carbocycles. The van der Waals surface area contributed by atoms with Crippen LogP contribution in [0.15, 0.2) is 6.33 Å². The Morgan fingerprint density at radius 3 is 2.44 bits per heavy atom. The van der Waals surface area contributed by atoms with E-state index in [1.807, 2.05) is 5.92 Å². The number of nitrogens with one attached hydrogen (secondary N) is 3. The number of ether oxygens (including phenoxy) is 3. The van der Waals surface area contributed by atoms with Gasteiger partial charge in [-0.25, -0.2) is 29.5 Å². The molecule has 1 unspecified atom stereocenters. The van der Waals surface area contributed by atoms with E-state index in [1.54, 1.807) is 20.8 Å². The van der Waals surface area contributed by atoms with E-state index in [9.17, 15) is 19.3 Å². The van der Waals surface area contributed by atoms with Gasteiger partial charge < -0.3 is 29.2 Å². The maximum absolute atomic E-state index is 16.2. The molecule has 17 heteroatoms. The molecule has 224 valence electrons. The van der Waals surface area contributed by atoms with Crippen LogP contribution in [0, 0.1) is 19.3 Å². The lowest BCUT2D eigenvalue weighted by atomic mass is 9.97. The van der Waals surface area contributed by atoms with E-state index in [4.69, 9.17) is 25.2 Å². The third-order valence-electron chi connectivity index (χ3n) is 6.27. The smallest absolute Gasteiger partial charge is 0.341 e. The Kier molecular flexibility index (Phi) is 9.58.